The third-order valence-electron chi connectivity index (χ3n) is 4.23. The molecule has 8 heteroatoms. The number of hydrogen-bond acceptors (Lipinski definition) is 4. The largest absolute Gasteiger partial charge is 0.379 e. The minimum Gasteiger partial charge on any atom is -0.379 e. The highest BCUT2D eigenvalue weighted by Crippen LogP contribution is 2.28. The van der Waals surface area contributed by atoms with Crippen LogP contribution < -0.4 is 10.0 Å². The summed E-state index contributed by atoms with van der Waals surface area (Å²) in [5.74, 6) is 1.59. The third kappa shape index (κ3) is 6.59. The molecule has 1 fully saturated rings. The first-order chi connectivity index (χ1) is 12.5. The van der Waals surface area contributed by atoms with E-state index in [1.165, 1.54) is 19.9 Å². The summed E-state index contributed by atoms with van der Waals surface area (Å²) >= 11 is 0. The van der Waals surface area contributed by atoms with Gasteiger partial charge >= 0.3 is 0 Å². The lowest BCUT2D eigenvalue weighted by Crippen LogP contribution is -2.40. The number of aliphatic imine (C=N–C) groups is 1. The second-order valence-electron chi connectivity index (χ2n) is 6.46. The minimum absolute atomic E-state index is 0.254. The molecule has 0 saturated heterocycles. The van der Waals surface area contributed by atoms with Crippen LogP contribution >= 0.6 is 0 Å². The monoisotopic (exact) mass is 382 g/mol. The van der Waals surface area contributed by atoms with Gasteiger partial charge in [-0.2, -0.15) is 0 Å². The Kier molecular flexibility index (Phi) is 7.86. The predicted molar refractivity (Wildman–Crippen MR) is 104 cm³/mol. The molecule has 0 aromatic heterocycles. The Morgan fingerprint density at radius 1 is 1.31 bits per heavy atom. The number of ether oxygens (including phenoxy) is 1. The minimum atomic E-state index is -3.40. The van der Waals surface area contributed by atoms with Crippen molar-refractivity contribution in [3.63, 3.8) is 0 Å². The maximum absolute atomic E-state index is 11.8. The molecule has 1 aromatic carbocycles. The zero-order chi connectivity index (χ0) is 19.0. The number of hydrogen-bond donors (Lipinski definition) is 2. The lowest BCUT2D eigenvalue weighted by Gasteiger charge is -2.22. The zero-order valence-electron chi connectivity index (χ0n) is 15.9. The number of guanidine groups is 1. The van der Waals surface area contributed by atoms with Gasteiger partial charge in [0, 0.05) is 26.7 Å². The van der Waals surface area contributed by atoms with Crippen LogP contribution in [-0.2, 0) is 21.3 Å². The quantitative estimate of drug-likeness (QED) is 0.363. The van der Waals surface area contributed by atoms with Crippen LogP contribution in [-0.4, -0.2) is 59.7 Å². The molecule has 2 rings (SSSR count). The number of benzene rings is 1. The SMILES string of the molecule is CCNC(=NCc1ccc(S(=O)(=O)NC)cc1)N(C)CCOCC1CC1. The zero-order valence-corrected chi connectivity index (χ0v) is 16.7. The average Bonchev–Trinajstić information content (AvgIpc) is 3.47. The molecular weight excluding hydrogens is 352 g/mol. The normalized spacial score (nSPS) is 15.1. The van der Waals surface area contributed by atoms with Crippen LogP contribution in [0.1, 0.15) is 25.3 Å². The highest BCUT2D eigenvalue weighted by molar-refractivity contribution is 7.89. The molecular formula is C18H30N4O3S. The Balaban J connectivity index is 1.90. The molecule has 0 unspecified atom stereocenters. The van der Waals surface area contributed by atoms with Gasteiger partial charge in [-0.05, 0) is 50.4 Å². The molecule has 2 N–H and O–H groups in total. The molecule has 0 aliphatic heterocycles. The van der Waals surface area contributed by atoms with E-state index in [0.29, 0.717) is 13.2 Å². The van der Waals surface area contributed by atoms with Gasteiger partial charge in [0.2, 0.25) is 10.0 Å². The first kappa shape index (κ1) is 20.7. The van der Waals surface area contributed by atoms with Gasteiger partial charge in [-0.1, -0.05) is 12.1 Å². The van der Waals surface area contributed by atoms with E-state index in [4.69, 9.17) is 4.74 Å². The Hall–Kier alpha value is -1.64. The van der Waals surface area contributed by atoms with Crippen molar-refractivity contribution in [2.75, 3.05) is 40.4 Å². The van der Waals surface area contributed by atoms with Crippen LogP contribution in [0, 0.1) is 5.92 Å². The topological polar surface area (TPSA) is 83.0 Å². The summed E-state index contributed by atoms with van der Waals surface area (Å²) in [4.78, 5) is 6.94. The number of sulfonamides is 1. The maximum atomic E-state index is 11.8. The molecule has 0 amide bonds. The molecule has 1 saturated carbocycles. The number of nitrogens with one attached hydrogen (secondary N) is 2. The number of rotatable bonds is 10. The standard InChI is InChI=1S/C18H30N4O3S/c1-4-20-18(22(3)11-12-25-14-16-5-6-16)21-13-15-7-9-17(10-8-15)26(23,24)19-2/h7-10,16,19H,4-6,11-14H2,1-3H3,(H,20,21). The summed E-state index contributed by atoms with van der Waals surface area (Å²) in [6, 6.07) is 6.77. The fourth-order valence-electron chi connectivity index (χ4n) is 2.37. The van der Waals surface area contributed by atoms with E-state index in [1.807, 2.05) is 14.0 Å². The van der Waals surface area contributed by atoms with E-state index in [1.54, 1.807) is 24.3 Å². The summed E-state index contributed by atoms with van der Waals surface area (Å²) in [7, 11) is -0.00935. The van der Waals surface area contributed by atoms with Crippen LogP contribution in [0.25, 0.3) is 0 Å². The average molecular weight is 383 g/mol. The van der Waals surface area contributed by atoms with Crippen molar-refractivity contribution in [1.82, 2.24) is 14.9 Å². The van der Waals surface area contributed by atoms with Crippen LogP contribution in [0.4, 0.5) is 0 Å². The fourth-order valence-corrected chi connectivity index (χ4v) is 3.10. The molecule has 146 valence electrons. The summed E-state index contributed by atoms with van der Waals surface area (Å²) in [6.45, 7) is 5.63. The van der Waals surface area contributed by atoms with Crippen LogP contribution in [0.15, 0.2) is 34.2 Å². The Morgan fingerprint density at radius 2 is 2.00 bits per heavy atom. The summed E-state index contributed by atoms with van der Waals surface area (Å²) in [6.07, 6.45) is 2.60. The Morgan fingerprint density at radius 3 is 2.58 bits per heavy atom. The number of nitrogens with zero attached hydrogens (tertiary/aromatic N) is 2. The van der Waals surface area contributed by atoms with Crippen molar-refractivity contribution in [1.29, 1.82) is 0 Å². The lowest BCUT2D eigenvalue weighted by atomic mass is 10.2. The fraction of sp³-hybridized carbons (Fsp3) is 0.611. The molecule has 7 nitrogen and oxygen atoms in total. The molecule has 0 heterocycles. The van der Waals surface area contributed by atoms with Crippen molar-refractivity contribution in [2.24, 2.45) is 10.9 Å². The first-order valence-corrected chi connectivity index (χ1v) is 10.5. The summed E-state index contributed by atoms with van der Waals surface area (Å²) < 4.78 is 31.5. The van der Waals surface area contributed by atoms with Crippen molar-refractivity contribution in [3.8, 4) is 0 Å². The van der Waals surface area contributed by atoms with E-state index < -0.39 is 10.0 Å². The molecule has 26 heavy (non-hydrogen) atoms. The van der Waals surface area contributed by atoms with Crippen molar-refractivity contribution >= 4 is 16.0 Å². The highest BCUT2D eigenvalue weighted by atomic mass is 32.2. The molecule has 1 aromatic rings. The van der Waals surface area contributed by atoms with Crippen molar-refractivity contribution in [3.05, 3.63) is 29.8 Å². The van der Waals surface area contributed by atoms with Gasteiger partial charge in [0.15, 0.2) is 5.96 Å². The van der Waals surface area contributed by atoms with Crippen LogP contribution in [0.5, 0.6) is 0 Å². The lowest BCUT2D eigenvalue weighted by molar-refractivity contribution is 0.115. The summed E-state index contributed by atoms with van der Waals surface area (Å²) in [5.41, 5.74) is 0.953. The van der Waals surface area contributed by atoms with Crippen molar-refractivity contribution in [2.45, 2.75) is 31.2 Å². The van der Waals surface area contributed by atoms with Gasteiger partial charge in [-0.25, -0.2) is 18.1 Å². The van der Waals surface area contributed by atoms with E-state index in [2.05, 4.69) is 19.9 Å². The molecule has 0 radical (unpaired) electrons. The third-order valence-corrected chi connectivity index (χ3v) is 5.66. The highest BCUT2D eigenvalue weighted by Gasteiger charge is 2.21. The molecule has 0 bridgehead atoms. The molecule has 0 atom stereocenters. The Bertz CT molecular complexity index is 685. The predicted octanol–water partition coefficient (Wildman–Crippen LogP) is 1.42. The van der Waals surface area contributed by atoms with Crippen LogP contribution in [0.3, 0.4) is 0 Å². The van der Waals surface area contributed by atoms with E-state index >= 15 is 0 Å². The van der Waals surface area contributed by atoms with Gasteiger partial charge < -0.3 is 15.0 Å². The van der Waals surface area contributed by atoms with E-state index in [-0.39, 0.29) is 4.90 Å². The van der Waals surface area contributed by atoms with Crippen LogP contribution in [0.2, 0.25) is 0 Å². The van der Waals surface area contributed by atoms with Gasteiger partial charge in [0.05, 0.1) is 18.0 Å². The number of likely N-dealkylation sites (N-methyl/N-ethyl adjacent to an activating group) is 1. The van der Waals surface area contributed by atoms with Gasteiger partial charge in [0.1, 0.15) is 0 Å². The molecule has 0 spiro atoms. The maximum Gasteiger partial charge on any atom is 0.240 e. The Labute approximate surface area is 156 Å². The summed E-state index contributed by atoms with van der Waals surface area (Å²) in [5, 5.41) is 3.27. The van der Waals surface area contributed by atoms with E-state index in [0.717, 1.165) is 37.1 Å². The van der Waals surface area contributed by atoms with Gasteiger partial charge in [0.25, 0.3) is 0 Å². The van der Waals surface area contributed by atoms with Crippen molar-refractivity contribution < 1.29 is 13.2 Å². The van der Waals surface area contributed by atoms with Gasteiger partial charge in [-0.15, -0.1) is 0 Å². The van der Waals surface area contributed by atoms with Gasteiger partial charge in [-0.3, -0.25) is 0 Å². The molecule has 1 aliphatic rings. The second-order valence-corrected chi connectivity index (χ2v) is 8.35. The first-order valence-electron chi connectivity index (χ1n) is 9.06. The molecule has 1 aliphatic carbocycles. The smallest absolute Gasteiger partial charge is 0.240 e. The second kappa shape index (κ2) is 9.89. The van der Waals surface area contributed by atoms with E-state index in [9.17, 15) is 8.42 Å².